The number of nitrogens with zero attached hydrogens (tertiary/aromatic N) is 1. The average Bonchev–Trinajstić information content (AvgIpc) is 4.01. The molecule has 0 fully saturated rings. The van der Waals surface area contributed by atoms with Crippen LogP contribution < -0.4 is 4.90 Å². The van der Waals surface area contributed by atoms with E-state index >= 15 is 0 Å². The summed E-state index contributed by atoms with van der Waals surface area (Å²) < 4.78 is 6.78. The van der Waals surface area contributed by atoms with Gasteiger partial charge in [-0.2, -0.15) is 0 Å². The molecule has 0 aliphatic heterocycles. The van der Waals surface area contributed by atoms with E-state index in [1.807, 2.05) is 0 Å². The first kappa shape index (κ1) is 36.1. The molecule has 0 bridgehead atoms. The van der Waals surface area contributed by atoms with Crippen molar-refractivity contribution in [2.45, 2.75) is 5.41 Å². The van der Waals surface area contributed by atoms with Gasteiger partial charge in [0, 0.05) is 33.0 Å². The Morgan fingerprint density at radius 1 is 0.338 bits per heavy atom. The van der Waals surface area contributed by atoms with Crippen LogP contribution in [0.4, 0.5) is 17.1 Å². The summed E-state index contributed by atoms with van der Waals surface area (Å²) in [6, 6.07) is 87.1. The van der Waals surface area contributed by atoms with Crippen LogP contribution in [0.1, 0.15) is 22.3 Å². The maximum absolute atomic E-state index is 6.78. The van der Waals surface area contributed by atoms with Crippen molar-refractivity contribution < 1.29 is 4.42 Å². The zero-order valence-electron chi connectivity index (χ0n) is 35.4. The number of benzene rings is 11. The van der Waals surface area contributed by atoms with Crippen LogP contribution in [0.2, 0.25) is 0 Å². The molecule has 2 aliphatic carbocycles. The van der Waals surface area contributed by atoms with Crippen molar-refractivity contribution in [2.24, 2.45) is 0 Å². The van der Waals surface area contributed by atoms with Crippen molar-refractivity contribution in [3.05, 3.63) is 259 Å². The quantitative estimate of drug-likeness (QED) is 0.172. The van der Waals surface area contributed by atoms with Crippen LogP contribution in [0.3, 0.4) is 0 Å². The molecule has 2 heteroatoms. The van der Waals surface area contributed by atoms with Crippen molar-refractivity contribution in [3.8, 4) is 44.5 Å². The molecule has 2 aliphatic rings. The molecule has 14 rings (SSSR count). The Kier molecular flexibility index (Phi) is 7.64. The number of hydrogen-bond acceptors (Lipinski definition) is 2. The van der Waals surface area contributed by atoms with E-state index in [-0.39, 0.29) is 0 Å². The van der Waals surface area contributed by atoms with E-state index in [4.69, 9.17) is 4.42 Å². The predicted octanol–water partition coefficient (Wildman–Crippen LogP) is 17.0. The minimum Gasteiger partial charge on any atom is -0.455 e. The lowest BCUT2D eigenvalue weighted by Gasteiger charge is -2.32. The smallest absolute Gasteiger partial charge is 0.143 e. The molecule has 0 radical (unpaired) electrons. The summed E-state index contributed by atoms with van der Waals surface area (Å²) in [7, 11) is 0. The summed E-state index contributed by atoms with van der Waals surface area (Å²) in [6.45, 7) is 0. The van der Waals surface area contributed by atoms with Crippen LogP contribution in [0.5, 0.6) is 0 Å². The van der Waals surface area contributed by atoms with Gasteiger partial charge in [0.25, 0.3) is 0 Å². The summed E-state index contributed by atoms with van der Waals surface area (Å²) >= 11 is 0. The Bertz CT molecular complexity index is 3860. The maximum Gasteiger partial charge on any atom is 0.143 e. The molecule has 1 aromatic heterocycles. The minimum atomic E-state index is -0.469. The highest BCUT2D eigenvalue weighted by Crippen LogP contribution is 2.65. The SMILES string of the molecule is c1ccc(N(c2ccc(-c3ccc4ccccc4c3)cc2)c2cccc3c2-c2ccccc2C32c3ccccc3-c3ccccc32)c(-c2cccc3ccc4c5ccccc5oc4c23)c1. The van der Waals surface area contributed by atoms with Gasteiger partial charge in [-0.3, -0.25) is 0 Å². The van der Waals surface area contributed by atoms with Crippen LogP contribution >= 0.6 is 0 Å². The second kappa shape index (κ2) is 13.8. The normalized spacial score (nSPS) is 13.0. The lowest BCUT2D eigenvalue weighted by molar-refractivity contribution is 0.673. The highest BCUT2D eigenvalue weighted by Gasteiger charge is 2.52. The van der Waals surface area contributed by atoms with Gasteiger partial charge in [0.2, 0.25) is 0 Å². The molecule has 1 spiro atoms. The van der Waals surface area contributed by atoms with Gasteiger partial charge in [-0.15, -0.1) is 0 Å². The Labute approximate surface area is 376 Å². The third kappa shape index (κ3) is 5.05. The van der Waals surface area contributed by atoms with E-state index in [9.17, 15) is 0 Å². The van der Waals surface area contributed by atoms with Crippen molar-refractivity contribution in [3.63, 3.8) is 0 Å². The second-order valence-corrected chi connectivity index (χ2v) is 17.5. The fourth-order valence-corrected chi connectivity index (χ4v) is 11.6. The van der Waals surface area contributed by atoms with Crippen molar-refractivity contribution >= 4 is 60.5 Å². The van der Waals surface area contributed by atoms with E-state index in [1.54, 1.807) is 0 Å². The summed E-state index contributed by atoms with van der Waals surface area (Å²) in [6.07, 6.45) is 0. The molecule has 0 saturated heterocycles. The van der Waals surface area contributed by atoms with Crippen LogP contribution in [0, 0.1) is 0 Å². The van der Waals surface area contributed by atoms with Crippen LogP contribution in [0.25, 0.3) is 88.0 Å². The van der Waals surface area contributed by atoms with E-state index in [0.29, 0.717) is 0 Å². The third-order valence-corrected chi connectivity index (χ3v) is 14.3. The molecule has 65 heavy (non-hydrogen) atoms. The zero-order valence-corrected chi connectivity index (χ0v) is 35.4. The molecule has 12 aromatic rings. The molecule has 0 amide bonds. The van der Waals surface area contributed by atoms with Crippen molar-refractivity contribution in [2.75, 3.05) is 4.90 Å². The number of para-hydroxylation sites is 2. The molecule has 302 valence electrons. The Hall–Kier alpha value is -8.46. The predicted molar refractivity (Wildman–Crippen MR) is 271 cm³/mol. The van der Waals surface area contributed by atoms with Gasteiger partial charge in [-0.25, -0.2) is 0 Å². The second-order valence-electron chi connectivity index (χ2n) is 17.5. The van der Waals surface area contributed by atoms with Gasteiger partial charge < -0.3 is 9.32 Å². The number of hydrogen-bond donors (Lipinski definition) is 0. The molecule has 1 heterocycles. The number of furan rings is 1. The maximum atomic E-state index is 6.78. The number of rotatable bonds is 5. The lowest BCUT2D eigenvalue weighted by atomic mass is 9.70. The zero-order chi connectivity index (χ0) is 42.6. The summed E-state index contributed by atoms with van der Waals surface area (Å²) in [4.78, 5) is 2.51. The van der Waals surface area contributed by atoms with Crippen LogP contribution in [-0.4, -0.2) is 0 Å². The molecule has 0 N–H and O–H groups in total. The van der Waals surface area contributed by atoms with Gasteiger partial charge in [0.1, 0.15) is 11.2 Å². The highest BCUT2D eigenvalue weighted by molar-refractivity contribution is 6.20. The lowest BCUT2D eigenvalue weighted by Crippen LogP contribution is -2.26. The van der Waals surface area contributed by atoms with E-state index in [0.717, 1.165) is 60.9 Å². The molecule has 11 aromatic carbocycles. The fourth-order valence-electron chi connectivity index (χ4n) is 11.6. The van der Waals surface area contributed by atoms with Crippen molar-refractivity contribution in [1.29, 1.82) is 0 Å². The molecule has 0 atom stereocenters. The monoisotopic (exact) mass is 825 g/mol. The highest BCUT2D eigenvalue weighted by atomic mass is 16.3. The topological polar surface area (TPSA) is 16.4 Å². The standard InChI is InChI=1S/C63H39NO/c1-2-16-43-39-44(32-31-40(43)15-1)41-33-36-45(37-34-41)64(57-28-11-6-20-48(57)50-23-13-17-42-35-38-51-49-21-7-12-30-59(49)65-62(51)60(42)50)58-29-14-27-56-61(58)52-22-5-10-26-55(52)63(56)53-24-8-3-18-46(53)47-19-4-9-25-54(47)63/h1-39H. The molecular formula is C63H39NO. The molecule has 0 unspecified atom stereocenters. The molecule has 0 saturated carbocycles. The van der Waals surface area contributed by atoms with Crippen LogP contribution in [0.15, 0.2) is 241 Å². The van der Waals surface area contributed by atoms with Gasteiger partial charge in [0.05, 0.1) is 16.8 Å². The summed E-state index contributed by atoms with van der Waals surface area (Å²) in [5.74, 6) is 0. The van der Waals surface area contributed by atoms with E-state index < -0.39 is 5.41 Å². The summed E-state index contributed by atoms with van der Waals surface area (Å²) in [5.41, 5.74) is 19.7. The molecule has 2 nitrogen and oxygen atoms in total. The van der Waals surface area contributed by atoms with Crippen molar-refractivity contribution in [1.82, 2.24) is 0 Å². The fraction of sp³-hybridized carbons (Fsp3) is 0.0159. The van der Waals surface area contributed by atoms with Gasteiger partial charge in [-0.1, -0.05) is 194 Å². The third-order valence-electron chi connectivity index (χ3n) is 14.3. The Balaban J connectivity index is 1.05. The number of anilines is 3. The van der Waals surface area contributed by atoms with Gasteiger partial charge in [0.15, 0.2) is 0 Å². The first-order chi connectivity index (χ1) is 32.3. The average molecular weight is 826 g/mol. The Morgan fingerprint density at radius 3 is 1.69 bits per heavy atom. The van der Waals surface area contributed by atoms with Gasteiger partial charge in [-0.05, 0) is 114 Å². The molecular weight excluding hydrogens is 787 g/mol. The largest absolute Gasteiger partial charge is 0.455 e. The van der Waals surface area contributed by atoms with Gasteiger partial charge >= 0.3 is 0 Å². The van der Waals surface area contributed by atoms with E-state index in [2.05, 4.69) is 241 Å². The van der Waals surface area contributed by atoms with Crippen LogP contribution in [-0.2, 0) is 5.41 Å². The van der Waals surface area contributed by atoms with E-state index in [1.165, 1.54) is 66.4 Å². The minimum absolute atomic E-state index is 0.469. The Morgan fingerprint density at radius 2 is 0.892 bits per heavy atom. The first-order valence-electron chi connectivity index (χ1n) is 22.5. The first-order valence-corrected chi connectivity index (χ1v) is 22.5. The summed E-state index contributed by atoms with van der Waals surface area (Å²) in [5, 5.41) is 6.99. The number of fused-ring (bicyclic) bond motifs is 16.